The first-order valence-electron chi connectivity index (χ1n) is 5.69. The Kier molecular flexibility index (Phi) is 5.60. The van der Waals surface area contributed by atoms with Crippen LogP contribution in [0, 0.1) is 10.1 Å². The van der Waals surface area contributed by atoms with Gasteiger partial charge in [0.25, 0.3) is 5.69 Å². The van der Waals surface area contributed by atoms with Crippen molar-refractivity contribution < 1.29 is 24.4 Å². The number of nitro benzene ring substituents is 1. The van der Waals surface area contributed by atoms with E-state index in [1.807, 2.05) is 0 Å². The highest BCUT2D eigenvalue weighted by molar-refractivity contribution is 5.85. The van der Waals surface area contributed by atoms with E-state index < -0.39 is 29.4 Å². The fraction of sp³-hybridized carbons (Fsp3) is 0.333. The summed E-state index contributed by atoms with van der Waals surface area (Å²) in [5.41, 5.74) is 0.548. The number of methoxy groups -OCH3 is 1. The third-order valence-electron chi connectivity index (χ3n) is 2.55. The molecular weight excluding hydrogens is 268 g/mol. The van der Waals surface area contributed by atoms with Gasteiger partial charge < -0.3 is 15.2 Å². The molecule has 0 aromatic heterocycles. The minimum Gasteiger partial charge on any atom is -0.467 e. The quantitative estimate of drug-likeness (QED) is 0.423. The zero-order valence-corrected chi connectivity index (χ0v) is 10.7. The first-order valence-corrected chi connectivity index (χ1v) is 5.69. The van der Waals surface area contributed by atoms with Gasteiger partial charge in [0, 0.05) is 18.6 Å². The van der Waals surface area contributed by atoms with Crippen molar-refractivity contribution in [2.45, 2.75) is 12.5 Å². The van der Waals surface area contributed by atoms with Crippen molar-refractivity contribution in [1.29, 1.82) is 0 Å². The molecule has 0 fully saturated rings. The lowest BCUT2D eigenvalue weighted by atomic mass is 10.1. The fourth-order valence-electron chi connectivity index (χ4n) is 1.56. The Morgan fingerprint density at radius 2 is 2.00 bits per heavy atom. The topological polar surface area (TPSA) is 119 Å². The van der Waals surface area contributed by atoms with Crippen LogP contribution in [0.1, 0.15) is 5.56 Å². The predicted octanol–water partition coefficient (Wildman–Crippen LogP) is -0.213. The van der Waals surface area contributed by atoms with Gasteiger partial charge in [-0.05, 0) is 5.56 Å². The van der Waals surface area contributed by atoms with Crippen LogP contribution in [0.2, 0.25) is 0 Å². The number of aliphatic hydroxyl groups excluding tert-OH is 1. The summed E-state index contributed by atoms with van der Waals surface area (Å²) in [6.07, 6.45) is 0.108. The average molecular weight is 282 g/mol. The molecule has 20 heavy (non-hydrogen) atoms. The molecule has 1 rings (SSSR count). The van der Waals surface area contributed by atoms with E-state index in [0.29, 0.717) is 5.56 Å². The van der Waals surface area contributed by atoms with Crippen LogP contribution in [0.4, 0.5) is 5.69 Å². The summed E-state index contributed by atoms with van der Waals surface area (Å²) in [6, 6.07) is 4.62. The predicted molar refractivity (Wildman–Crippen MR) is 67.8 cm³/mol. The lowest BCUT2D eigenvalue weighted by Gasteiger charge is -2.15. The van der Waals surface area contributed by atoms with Crippen LogP contribution in [0.25, 0.3) is 0 Å². The van der Waals surface area contributed by atoms with Crippen molar-refractivity contribution in [2.75, 3.05) is 13.7 Å². The number of benzene rings is 1. The van der Waals surface area contributed by atoms with Crippen molar-refractivity contribution in [3.63, 3.8) is 0 Å². The first-order chi connectivity index (χ1) is 9.47. The maximum absolute atomic E-state index is 11.5. The molecule has 0 aliphatic carbocycles. The van der Waals surface area contributed by atoms with Crippen molar-refractivity contribution in [1.82, 2.24) is 5.32 Å². The molecule has 0 unspecified atom stereocenters. The van der Waals surface area contributed by atoms with Crippen LogP contribution in [0.3, 0.4) is 0 Å². The summed E-state index contributed by atoms with van der Waals surface area (Å²) in [5, 5.41) is 21.5. The van der Waals surface area contributed by atoms with Crippen LogP contribution in [0.5, 0.6) is 0 Å². The molecule has 0 saturated carbocycles. The van der Waals surface area contributed by atoms with Gasteiger partial charge in [0.2, 0.25) is 5.91 Å². The normalized spacial score (nSPS) is 11.5. The summed E-state index contributed by atoms with van der Waals surface area (Å²) in [6.45, 7) is -0.742. The molecule has 1 aromatic rings. The maximum Gasteiger partial charge on any atom is 0.328 e. The average Bonchev–Trinajstić information content (AvgIpc) is 2.46. The third kappa shape index (κ3) is 4.32. The number of esters is 1. The Morgan fingerprint density at radius 1 is 1.40 bits per heavy atom. The second kappa shape index (κ2) is 7.19. The van der Waals surface area contributed by atoms with Gasteiger partial charge in [-0.2, -0.15) is 0 Å². The van der Waals surface area contributed by atoms with E-state index in [1.54, 1.807) is 0 Å². The number of nitrogens with one attached hydrogen (secondary N) is 1. The van der Waals surface area contributed by atoms with Gasteiger partial charge in [-0.3, -0.25) is 14.9 Å². The summed E-state index contributed by atoms with van der Waals surface area (Å²) in [7, 11) is 1.18. The minimum atomic E-state index is -0.957. The third-order valence-corrected chi connectivity index (χ3v) is 2.55. The van der Waals surface area contributed by atoms with E-state index in [-0.39, 0.29) is 12.1 Å². The van der Waals surface area contributed by atoms with Gasteiger partial charge >= 0.3 is 5.97 Å². The van der Waals surface area contributed by atoms with Crippen LogP contribution < -0.4 is 5.32 Å². The molecule has 0 saturated heterocycles. The number of rotatable bonds is 6. The van der Waals surface area contributed by atoms with Gasteiger partial charge in [0.05, 0.1) is 12.0 Å². The van der Waals surface area contributed by atoms with Crippen LogP contribution in [-0.2, 0) is 20.7 Å². The van der Waals surface area contributed by atoms with E-state index in [1.165, 1.54) is 31.4 Å². The molecule has 1 aromatic carbocycles. The molecule has 108 valence electrons. The lowest BCUT2D eigenvalue weighted by Crippen LogP contribution is -2.44. The number of amides is 1. The Labute approximate surface area is 114 Å². The largest absolute Gasteiger partial charge is 0.467 e. The summed E-state index contributed by atoms with van der Waals surface area (Å²) < 4.78 is 4.55. The van der Waals surface area contributed by atoms with Crippen molar-refractivity contribution >= 4 is 17.6 Å². The fourth-order valence-corrected chi connectivity index (χ4v) is 1.56. The Hall–Kier alpha value is -2.48. The number of nitro groups is 1. The molecule has 0 radical (unpaired) electrons. The summed E-state index contributed by atoms with van der Waals surface area (Å²) in [4.78, 5) is 32.6. The lowest BCUT2D eigenvalue weighted by molar-refractivity contribution is -0.384. The highest BCUT2D eigenvalue weighted by atomic mass is 16.6. The second-order valence-corrected chi connectivity index (χ2v) is 3.93. The highest BCUT2D eigenvalue weighted by Crippen LogP contribution is 2.13. The summed E-state index contributed by atoms with van der Waals surface area (Å²) in [5.74, 6) is -1.37. The van der Waals surface area contributed by atoms with Crippen LogP contribution in [-0.4, -0.2) is 41.7 Å². The molecule has 0 aliphatic rings. The molecule has 1 atom stereocenters. The molecular formula is C12H14N2O6. The number of non-ortho nitro benzene ring substituents is 1. The first kappa shape index (κ1) is 15.6. The van der Waals surface area contributed by atoms with Crippen LogP contribution in [0.15, 0.2) is 24.3 Å². The molecule has 0 aliphatic heterocycles. The number of carbonyl (C=O) groups is 2. The molecule has 0 heterocycles. The van der Waals surface area contributed by atoms with Gasteiger partial charge in [0.15, 0.2) is 0 Å². The molecule has 0 bridgehead atoms. The Morgan fingerprint density at radius 3 is 2.45 bits per heavy atom. The number of hydrogen-bond donors (Lipinski definition) is 2. The Balaban J connectivity index is 2.80. The number of hydrogen-bond acceptors (Lipinski definition) is 6. The van der Waals surface area contributed by atoms with E-state index >= 15 is 0 Å². The number of aliphatic hydroxyl groups is 1. The molecule has 8 heteroatoms. The molecule has 8 nitrogen and oxygen atoms in total. The second-order valence-electron chi connectivity index (χ2n) is 3.93. The van der Waals surface area contributed by atoms with Crippen molar-refractivity contribution in [2.24, 2.45) is 0 Å². The van der Waals surface area contributed by atoms with E-state index in [0.717, 1.165) is 0 Å². The molecule has 0 spiro atoms. The SMILES string of the molecule is COC(=O)[C@@H](Cc1ccc([N+](=O)[O-])cc1)NC(=O)CO. The van der Waals surface area contributed by atoms with Gasteiger partial charge in [-0.1, -0.05) is 12.1 Å². The van der Waals surface area contributed by atoms with E-state index in [4.69, 9.17) is 5.11 Å². The Bertz CT molecular complexity index is 499. The smallest absolute Gasteiger partial charge is 0.328 e. The zero-order chi connectivity index (χ0) is 15.1. The van der Waals surface area contributed by atoms with E-state index in [9.17, 15) is 19.7 Å². The number of nitrogens with zero attached hydrogens (tertiary/aromatic N) is 1. The molecule has 2 N–H and O–H groups in total. The monoisotopic (exact) mass is 282 g/mol. The minimum absolute atomic E-state index is 0.0669. The van der Waals surface area contributed by atoms with E-state index in [2.05, 4.69) is 10.1 Å². The number of carbonyl (C=O) groups excluding carboxylic acids is 2. The van der Waals surface area contributed by atoms with Crippen molar-refractivity contribution in [3.05, 3.63) is 39.9 Å². The standard InChI is InChI=1S/C12H14N2O6/c1-20-12(17)10(13-11(16)7-15)6-8-2-4-9(5-3-8)14(18)19/h2-5,10,15H,6-7H2,1H3,(H,13,16)/t10-/m1/s1. The van der Waals surface area contributed by atoms with Gasteiger partial charge in [-0.25, -0.2) is 4.79 Å². The summed E-state index contributed by atoms with van der Waals surface area (Å²) >= 11 is 0. The van der Waals surface area contributed by atoms with Crippen molar-refractivity contribution in [3.8, 4) is 0 Å². The van der Waals surface area contributed by atoms with Crippen LogP contribution >= 0.6 is 0 Å². The highest BCUT2D eigenvalue weighted by Gasteiger charge is 2.21. The molecule has 1 amide bonds. The zero-order valence-electron chi connectivity index (χ0n) is 10.7. The van der Waals surface area contributed by atoms with Gasteiger partial charge in [-0.15, -0.1) is 0 Å². The maximum atomic E-state index is 11.5. The van der Waals surface area contributed by atoms with Gasteiger partial charge in [0.1, 0.15) is 12.6 Å². The number of ether oxygens (including phenoxy) is 1.